The van der Waals surface area contributed by atoms with Crippen LogP contribution in [0.2, 0.25) is 0 Å². The first-order valence-electron chi connectivity index (χ1n) is 9.81. The van der Waals surface area contributed by atoms with Crippen LogP contribution in [0.3, 0.4) is 0 Å². The van der Waals surface area contributed by atoms with Gasteiger partial charge in [0.1, 0.15) is 10.6 Å². The summed E-state index contributed by atoms with van der Waals surface area (Å²) in [5, 5.41) is 5.21. The first-order valence-corrected chi connectivity index (χ1v) is 10.7. The van der Waals surface area contributed by atoms with Crippen molar-refractivity contribution in [2.45, 2.75) is 27.7 Å². The lowest BCUT2D eigenvalue weighted by Gasteiger charge is -2.09. The summed E-state index contributed by atoms with van der Waals surface area (Å²) in [6, 6.07) is 13.9. The summed E-state index contributed by atoms with van der Waals surface area (Å²) in [6.45, 7) is 8.13. The van der Waals surface area contributed by atoms with E-state index in [4.69, 9.17) is 4.74 Å². The molecule has 0 atom stereocenters. The highest BCUT2D eigenvalue weighted by Crippen LogP contribution is 2.37. The zero-order valence-electron chi connectivity index (χ0n) is 17.6. The first kappa shape index (κ1) is 21.5. The number of ether oxygens (including phenoxy) is 1. The normalized spacial score (nSPS) is 10.9. The molecule has 1 aromatic heterocycles. The highest BCUT2D eigenvalue weighted by molar-refractivity contribution is 7.15. The lowest BCUT2D eigenvalue weighted by molar-refractivity contribution is -0.111. The van der Waals surface area contributed by atoms with Crippen LogP contribution < -0.4 is 5.32 Å². The molecule has 1 amide bonds. The summed E-state index contributed by atoms with van der Waals surface area (Å²) in [6.07, 6.45) is 3.21. The third-order valence-electron chi connectivity index (χ3n) is 4.83. The van der Waals surface area contributed by atoms with E-state index in [0.717, 1.165) is 27.8 Å². The molecule has 0 aliphatic rings. The van der Waals surface area contributed by atoms with Crippen LogP contribution in [0.25, 0.3) is 17.2 Å². The Balaban J connectivity index is 1.89. The number of benzene rings is 2. The Kier molecular flexibility index (Phi) is 6.85. The van der Waals surface area contributed by atoms with Crippen molar-refractivity contribution in [3.05, 3.63) is 81.7 Å². The number of thiophene rings is 1. The van der Waals surface area contributed by atoms with Crippen LogP contribution in [-0.4, -0.2) is 18.5 Å². The molecule has 1 N–H and O–H groups in total. The van der Waals surface area contributed by atoms with E-state index < -0.39 is 5.97 Å². The van der Waals surface area contributed by atoms with E-state index in [0.29, 0.717) is 10.6 Å². The number of hydrogen-bond donors (Lipinski definition) is 1. The minimum absolute atomic E-state index is 0.266. The molecular formula is C25H25NO3S. The van der Waals surface area contributed by atoms with Crippen molar-refractivity contribution in [2.75, 3.05) is 11.9 Å². The Morgan fingerprint density at radius 3 is 2.43 bits per heavy atom. The second kappa shape index (κ2) is 9.55. The highest BCUT2D eigenvalue weighted by Gasteiger charge is 2.22. The van der Waals surface area contributed by atoms with Crippen molar-refractivity contribution in [3.63, 3.8) is 0 Å². The van der Waals surface area contributed by atoms with Crippen molar-refractivity contribution in [3.8, 4) is 11.1 Å². The van der Waals surface area contributed by atoms with Crippen LogP contribution in [0.5, 0.6) is 0 Å². The molecule has 0 aliphatic carbocycles. The summed E-state index contributed by atoms with van der Waals surface area (Å²) >= 11 is 1.32. The van der Waals surface area contributed by atoms with Crippen molar-refractivity contribution in [1.82, 2.24) is 0 Å². The molecular weight excluding hydrogens is 394 g/mol. The highest BCUT2D eigenvalue weighted by atomic mass is 32.1. The van der Waals surface area contributed by atoms with E-state index in [1.807, 2.05) is 68.6 Å². The molecule has 3 rings (SSSR count). The molecule has 0 fully saturated rings. The summed E-state index contributed by atoms with van der Waals surface area (Å²) in [4.78, 5) is 25.2. The van der Waals surface area contributed by atoms with Gasteiger partial charge < -0.3 is 10.1 Å². The second-order valence-corrected chi connectivity index (χ2v) is 7.99. The van der Waals surface area contributed by atoms with E-state index in [-0.39, 0.29) is 12.5 Å². The summed E-state index contributed by atoms with van der Waals surface area (Å²) < 4.78 is 5.26. The maximum absolute atomic E-state index is 12.7. The van der Waals surface area contributed by atoms with Gasteiger partial charge in [-0.1, -0.05) is 48.0 Å². The summed E-state index contributed by atoms with van der Waals surface area (Å²) in [7, 11) is 0. The van der Waals surface area contributed by atoms with Crippen molar-refractivity contribution >= 4 is 34.3 Å². The lowest BCUT2D eigenvalue weighted by atomic mass is 9.99. The summed E-state index contributed by atoms with van der Waals surface area (Å²) in [5.74, 6) is -0.737. The largest absolute Gasteiger partial charge is 0.462 e. The van der Waals surface area contributed by atoms with Crippen LogP contribution in [0.1, 0.15) is 39.5 Å². The Morgan fingerprint density at radius 2 is 1.77 bits per heavy atom. The molecule has 5 heteroatoms. The zero-order valence-corrected chi connectivity index (χ0v) is 18.4. The molecule has 0 saturated carbocycles. The van der Waals surface area contributed by atoms with Crippen LogP contribution in [0, 0.1) is 20.8 Å². The van der Waals surface area contributed by atoms with Gasteiger partial charge in [-0.3, -0.25) is 4.79 Å². The average molecular weight is 420 g/mol. The fourth-order valence-corrected chi connectivity index (χ4v) is 3.94. The molecule has 154 valence electrons. The number of aryl methyl sites for hydroxylation is 3. The van der Waals surface area contributed by atoms with Gasteiger partial charge in [0.2, 0.25) is 5.91 Å². The molecule has 0 aliphatic heterocycles. The standard InChI is InChI=1S/C25H25NO3S/c1-5-29-25(28)23-21(20-12-8-17(3)18(4)14-20)15-30-24(23)26-22(27)13-11-19-9-6-16(2)7-10-19/h6-15H,5H2,1-4H3,(H,26,27). The third-order valence-corrected chi connectivity index (χ3v) is 5.73. The van der Waals surface area contributed by atoms with E-state index in [2.05, 4.69) is 5.32 Å². The van der Waals surface area contributed by atoms with Gasteiger partial charge in [0.25, 0.3) is 0 Å². The SMILES string of the molecule is CCOC(=O)c1c(-c2ccc(C)c(C)c2)csc1NC(=O)C=Cc1ccc(C)cc1. The molecule has 0 spiro atoms. The van der Waals surface area contributed by atoms with Gasteiger partial charge in [0, 0.05) is 17.0 Å². The molecule has 30 heavy (non-hydrogen) atoms. The van der Waals surface area contributed by atoms with Crippen molar-refractivity contribution < 1.29 is 14.3 Å². The zero-order chi connectivity index (χ0) is 21.7. The van der Waals surface area contributed by atoms with E-state index in [1.54, 1.807) is 13.0 Å². The van der Waals surface area contributed by atoms with E-state index in [1.165, 1.54) is 23.0 Å². The van der Waals surface area contributed by atoms with Gasteiger partial charge in [-0.2, -0.15) is 0 Å². The van der Waals surface area contributed by atoms with Crippen LogP contribution in [0.15, 0.2) is 53.9 Å². The molecule has 4 nitrogen and oxygen atoms in total. The average Bonchev–Trinajstić information content (AvgIpc) is 3.13. The molecule has 0 unspecified atom stereocenters. The summed E-state index contributed by atoms with van der Waals surface area (Å²) in [5.41, 5.74) is 6.49. The Morgan fingerprint density at radius 1 is 1.03 bits per heavy atom. The van der Waals surface area contributed by atoms with Gasteiger partial charge >= 0.3 is 5.97 Å². The quantitative estimate of drug-likeness (QED) is 0.384. The van der Waals surface area contributed by atoms with Crippen LogP contribution in [-0.2, 0) is 9.53 Å². The van der Waals surface area contributed by atoms with Crippen molar-refractivity contribution in [1.29, 1.82) is 0 Å². The van der Waals surface area contributed by atoms with E-state index >= 15 is 0 Å². The Bertz CT molecular complexity index is 1090. The number of carbonyl (C=O) groups is 2. The van der Waals surface area contributed by atoms with Crippen LogP contribution in [0.4, 0.5) is 5.00 Å². The predicted octanol–water partition coefficient (Wildman–Crippen LogP) is 6.17. The van der Waals surface area contributed by atoms with Gasteiger partial charge in [-0.05, 0) is 56.0 Å². The number of rotatable bonds is 6. The van der Waals surface area contributed by atoms with Gasteiger partial charge in [0.05, 0.1) is 6.61 Å². The number of nitrogens with one attached hydrogen (secondary N) is 1. The minimum Gasteiger partial charge on any atom is -0.462 e. The topological polar surface area (TPSA) is 55.4 Å². The fourth-order valence-electron chi connectivity index (χ4n) is 2.98. The Hall–Kier alpha value is -3.18. The van der Waals surface area contributed by atoms with Crippen molar-refractivity contribution in [2.24, 2.45) is 0 Å². The van der Waals surface area contributed by atoms with E-state index in [9.17, 15) is 9.59 Å². The molecule has 1 heterocycles. The monoisotopic (exact) mass is 419 g/mol. The molecule has 0 bridgehead atoms. The fraction of sp³-hybridized carbons (Fsp3) is 0.200. The molecule has 0 saturated heterocycles. The predicted molar refractivity (Wildman–Crippen MR) is 124 cm³/mol. The maximum Gasteiger partial charge on any atom is 0.341 e. The smallest absolute Gasteiger partial charge is 0.341 e. The number of anilines is 1. The number of esters is 1. The number of carbonyl (C=O) groups excluding carboxylic acids is 2. The Labute approximate surface area is 181 Å². The number of amides is 1. The first-order chi connectivity index (χ1) is 14.4. The lowest BCUT2D eigenvalue weighted by Crippen LogP contribution is -2.12. The third kappa shape index (κ3) is 5.05. The van der Waals surface area contributed by atoms with Gasteiger partial charge in [-0.15, -0.1) is 11.3 Å². The number of hydrogen-bond acceptors (Lipinski definition) is 4. The molecule has 3 aromatic rings. The second-order valence-electron chi connectivity index (χ2n) is 7.11. The molecule has 2 aromatic carbocycles. The van der Waals surface area contributed by atoms with Crippen LogP contribution >= 0.6 is 11.3 Å². The minimum atomic E-state index is -0.440. The van der Waals surface area contributed by atoms with Gasteiger partial charge in [-0.25, -0.2) is 4.79 Å². The maximum atomic E-state index is 12.7. The molecule has 0 radical (unpaired) electrons. The van der Waals surface area contributed by atoms with Gasteiger partial charge in [0.15, 0.2) is 0 Å².